The Hall–Kier alpha value is -3.25. The molecule has 26 heavy (non-hydrogen) atoms. The van der Waals surface area contributed by atoms with E-state index >= 15 is 0 Å². The summed E-state index contributed by atoms with van der Waals surface area (Å²) in [6.45, 7) is 1.80. The van der Waals surface area contributed by atoms with E-state index in [4.69, 9.17) is 11.6 Å². The second kappa shape index (κ2) is 6.57. The van der Waals surface area contributed by atoms with Gasteiger partial charge in [-0.1, -0.05) is 29.8 Å². The highest BCUT2D eigenvalue weighted by Crippen LogP contribution is 2.21. The number of nitrogens with zero attached hydrogens (tertiary/aromatic N) is 4. The summed E-state index contributed by atoms with van der Waals surface area (Å²) in [5.74, 6) is 1.55. The lowest BCUT2D eigenvalue weighted by Crippen LogP contribution is -2.23. The Morgan fingerprint density at radius 3 is 2.62 bits per heavy atom. The van der Waals surface area contributed by atoms with Crippen LogP contribution in [0.5, 0.6) is 0 Å². The minimum Gasteiger partial charge on any atom is -0.310 e. The van der Waals surface area contributed by atoms with Crippen LogP contribution in [0.4, 0.5) is 11.8 Å². The first kappa shape index (κ1) is 16.2. The molecular weight excluding hydrogens is 350 g/mol. The van der Waals surface area contributed by atoms with Gasteiger partial charge in [-0.25, -0.2) is 19.5 Å². The molecule has 0 unspecified atom stereocenters. The van der Waals surface area contributed by atoms with E-state index in [1.54, 1.807) is 37.4 Å². The minimum atomic E-state index is -0.211. The van der Waals surface area contributed by atoms with Crippen LogP contribution in [0.1, 0.15) is 5.82 Å². The van der Waals surface area contributed by atoms with Crippen LogP contribution in [0.25, 0.3) is 16.6 Å². The van der Waals surface area contributed by atoms with Crippen molar-refractivity contribution in [3.05, 3.63) is 82.0 Å². The lowest BCUT2D eigenvalue weighted by Gasteiger charge is -2.14. The third kappa shape index (κ3) is 3.02. The van der Waals surface area contributed by atoms with Crippen LogP contribution in [-0.4, -0.2) is 19.5 Å². The predicted octanol–water partition coefficient (Wildman–Crippen LogP) is 3.88. The fourth-order valence-corrected chi connectivity index (χ4v) is 2.87. The number of aryl methyl sites for hydroxylation is 1. The second-order valence-electron chi connectivity index (χ2n) is 5.69. The molecule has 0 amide bonds. The van der Waals surface area contributed by atoms with E-state index < -0.39 is 0 Å². The summed E-state index contributed by atoms with van der Waals surface area (Å²) in [7, 11) is 0. The number of para-hydroxylation sites is 1. The molecule has 0 fully saturated rings. The smallest absolute Gasteiger partial charge is 0.267 e. The highest BCUT2D eigenvalue weighted by molar-refractivity contribution is 6.31. The van der Waals surface area contributed by atoms with Crippen molar-refractivity contribution in [1.82, 2.24) is 19.5 Å². The zero-order valence-corrected chi connectivity index (χ0v) is 14.6. The lowest BCUT2D eigenvalue weighted by atomic mass is 10.2. The van der Waals surface area contributed by atoms with Gasteiger partial charge in [-0.05, 0) is 43.3 Å². The van der Waals surface area contributed by atoms with Crippen LogP contribution >= 0.6 is 11.6 Å². The number of anilines is 2. The molecule has 0 aliphatic heterocycles. The molecule has 2 aromatic heterocycles. The Kier molecular flexibility index (Phi) is 4.10. The molecule has 0 atom stereocenters. The molecule has 2 aromatic carbocycles. The highest BCUT2D eigenvalue weighted by Gasteiger charge is 2.14. The first-order valence-electron chi connectivity index (χ1n) is 7.96. The van der Waals surface area contributed by atoms with Gasteiger partial charge in [0.2, 0.25) is 5.95 Å². The molecule has 0 bridgehead atoms. The third-order valence-corrected chi connectivity index (χ3v) is 4.10. The van der Waals surface area contributed by atoms with Crippen LogP contribution < -0.4 is 10.9 Å². The van der Waals surface area contributed by atoms with Crippen LogP contribution in [0.2, 0.25) is 5.02 Å². The van der Waals surface area contributed by atoms with Gasteiger partial charge < -0.3 is 5.32 Å². The zero-order valence-electron chi connectivity index (χ0n) is 13.8. The summed E-state index contributed by atoms with van der Waals surface area (Å²) >= 11 is 6.07. The molecular formula is C19H14ClN5O. The number of halogens is 1. The third-order valence-electron chi connectivity index (χ3n) is 3.86. The average molecular weight is 364 g/mol. The number of nitrogens with one attached hydrogen (secondary N) is 1. The fraction of sp³-hybridized carbons (Fsp3) is 0.0526. The van der Waals surface area contributed by atoms with E-state index in [1.807, 2.05) is 30.3 Å². The molecule has 4 aromatic rings. The molecule has 6 nitrogen and oxygen atoms in total. The normalized spacial score (nSPS) is 10.8. The van der Waals surface area contributed by atoms with Gasteiger partial charge in [-0.15, -0.1) is 0 Å². The number of hydrogen-bond donors (Lipinski definition) is 1. The van der Waals surface area contributed by atoms with E-state index in [1.165, 1.54) is 4.57 Å². The maximum absolute atomic E-state index is 13.2. The van der Waals surface area contributed by atoms with Crippen molar-refractivity contribution >= 4 is 34.3 Å². The first-order valence-corrected chi connectivity index (χ1v) is 8.34. The predicted molar refractivity (Wildman–Crippen MR) is 102 cm³/mol. The summed E-state index contributed by atoms with van der Waals surface area (Å²) in [6, 6.07) is 16.1. The SMILES string of the molecule is Cc1nccc(Nc2nc3ccc(Cl)cc3c(=O)n2-c2ccccc2)n1. The Morgan fingerprint density at radius 2 is 1.85 bits per heavy atom. The van der Waals surface area contributed by atoms with Gasteiger partial charge in [0, 0.05) is 11.2 Å². The van der Waals surface area contributed by atoms with Crippen molar-refractivity contribution in [3.8, 4) is 5.69 Å². The molecule has 0 radical (unpaired) electrons. The second-order valence-corrected chi connectivity index (χ2v) is 6.12. The Bertz CT molecular complexity index is 1160. The largest absolute Gasteiger partial charge is 0.310 e. The molecule has 1 N–H and O–H groups in total. The molecule has 2 heterocycles. The summed E-state index contributed by atoms with van der Waals surface area (Å²) in [6.07, 6.45) is 1.65. The van der Waals surface area contributed by atoms with E-state index in [-0.39, 0.29) is 5.56 Å². The van der Waals surface area contributed by atoms with Crippen LogP contribution in [0.3, 0.4) is 0 Å². The number of hydrogen-bond acceptors (Lipinski definition) is 5. The number of benzene rings is 2. The number of rotatable bonds is 3. The molecule has 0 aliphatic rings. The Balaban J connectivity index is 1.98. The van der Waals surface area contributed by atoms with Gasteiger partial charge in [-0.3, -0.25) is 4.79 Å². The lowest BCUT2D eigenvalue weighted by molar-refractivity contribution is 0.964. The molecule has 0 saturated heterocycles. The quantitative estimate of drug-likeness (QED) is 0.598. The highest BCUT2D eigenvalue weighted by atomic mass is 35.5. The number of fused-ring (bicyclic) bond motifs is 1. The van der Waals surface area contributed by atoms with E-state index in [0.29, 0.717) is 39.2 Å². The van der Waals surface area contributed by atoms with Crippen molar-refractivity contribution < 1.29 is 0 Å². The minimum absolute atomic E-state index is 0.211. The van der Waals surface area contributed by atoms with E-state index in [2.05, 4.69) is 20.3 Å². The first-order chi connectivity index (χ1) is 12.6. The maximum Gasteiger partial charge on any atom is 0.267 e. The molecule has 4 rings (SSSR count). The molecule has 128 valence electrons. The summed E-state index contributed by atoms with van der Waals surface area (Å²) in [4.78, 5) is 26.2. The summed E-state index contributed by atoms with van der Waals surface area (Å²) < 4.78 is 1.51. The van der Waals surface area contributed by atoms with Crippen molar-refractivity contribution in [2.45, 2.75) is 6.92 Å². The Labute approximate surface area is 154 Å². The van der Waals surface area contributed by atoms with Crippen LogP contribution in [-0.2, 0) is 0 Å². The molecule has 0 aliphatic carbocycles. The van der Waals surface area contributed by atoms with Crippen molar-refractivity contribution in [2.24, 2.45) is 0 Å². The van der Waals surface area contributed by atoms with E-state index in [9.17, 15) is 4.79 Å². The van der Waals surface area contributed by atoms with Gasteiger partial charge in [0.1, 0.15) is 11.6 Å². The number of aromatic nitrogens is 4. The Morgan fingerprint density at radius 1 is 1.04 bits per heavy atom. The molecule has 0 spiro atoms. The summed E-state index contributed by atoms with van der Waals surface area (Å²) in [5, 5.41) is 4.07. The monoisotopic (exact) mass is 363 g/mol. The molecule has 7 heteroatoms. The van der Waals surface area contributed by atoms with Crippen molar-refractivity contribution in [1.29, 1.82) is 0 Å². The summed E-state index contributed by atoms with van der Waals surface area (Å²) in [5.41, 5.74) is 1.04. The molecule has 0 saturated carbocycles. The van der Waals surface area contributed by atoms with Crippen molar-refractivity contribution in [3.63, 3.8) is 0 Å². The zero-order chi connectivity index (χ0) is 18.1. The van der Waals surface area contributed by atoms with Gasteiger partial charge in [0.05, 0.1) is 16.6 Å². The van der Waals surface area contributed by atoms with Gasteiger partial charge >= 0.3 is 0 Å². The van der Waals surface area contributed by atoms with Crippen LogP contribution in [0, 0.1) is 6.92 Å². The standard InChI is InChI=1S/C19H14ClN5O/c1-12-21-10-9-17(22-12)24-19-23-16-8-7-13(20)11-15(16)18(26)25(19)14-5-3-2-4-6-14/h2-11H,1H3,(H,21,22,23,24). The van der Waals surface area contributed by atoms with Gasteiger partial charge in [0.15, 0.2) is 0 Å². The average Bonchev–Trinajstić information content (AvgIpc) is 2.63. The van der Waals surface area contributed by atoms with E-state index in [0.717, 1.165) is 0 Å². The maximum atomic E-state index is 13.2. The van der Waals surface area contributed by atoms with Gasteiger partial charge in [-0.2, -0.15) is 0 Å². The topological polar surface area (TPSA) is 72.7 Å². The van der Waals surface area contributed by atoms with Crippen molar-refractivity contribution in [2.75, 3.05) is 5.32 Å². The fourth-order valence-electron chi connectivity index (χ4n) is 2.70. The van der Waals surface area contributed by atoms with Crippen LogP contribution in [0.15, 0.2) is 65.6 Å². The van der Waals surface area contributed by atoms with Gasteiger partial charge in [0.25, 0.3) is 5.56 Å².